The molecule has 218 valence electrons. The first-order valence-corrected chi connectivity index (χ1v) is 17.1. The Hall–Kier alpha value is -4.26. The van der Waals surface area contributed by atoms with Crippen LogP contribution in [0.15, 0.2) is 128 Å². The van der Waals surface area contributed by atoms with Gasteiger partial charge in [-0.25, -0.2) is 9.13 Å². The van der Waals surface area contributed by atoms with Gasteiger partial charge in [0.15, 0.2) is 0 Å². The van der Waals surface area contributed by atoms with E-state index in [1.165, 1.54) is 66.1 Å². The van der Waals surface area contributed by atoms with Gasteiger partial charge in [0.05, 0.1) is 0 Å². The lowest BCUT2D eigenvalue weighted by Crippen LogP contribution is -2.32. The molecule has 0 aliphatic heterocycles. The molecule has 0 N–H and O–H groups in total. The molecule has 5 aromatic carbocycles. The lowest BCUT2D eigenvalue weighted by atomic mass is 9.93. The van der Waals surface area contributed by atoms with Crippen molar-refractivity contribution in [2.24, 2.45) is 0 Å². The average molecular weight is 592 g/mol. The smallest absolute Gasteiger partial charge is 0.232 e. The molecule has 6 aromatic rings. The minimum atomic E-state index is -0.625. The number of aromatic nitrogens is 2. The number of imidazole rings is 1. The maximum absolute atomic E-state index is 2.54. The number of aryl methyl sites for hydroxylation is 7. The minimum Gasteiger partial charge on any atom is -0.232 e. The van der Waals surface area contributed by atoms with Gasteiger partial charge < -0.3 is 0 Å². The molecule has 0 saturated heterocycles. The Bertz CT molecular complexity index is 1860. The maximum Gasteiger partial charge on any atom is 0.249 e. The molecule has 44 heavy (non-hydrogen) atoms. The minimum absolute atomic E-state index is 0.625. The zero-order chi connectivity index (χ0) is 30.0. The normalized spacial score (nSPS) is 12.8. The molecular weight excluding hydrogens is 551 g/mol. The topological polar surface area (TPSA) is 8.81 Å². The molecule has 0 fully saturated rings. The van der Waals surface area contributed by atoms with E-state index in [-0.39, 0.29) is 0 Å². The van der Waals surface area contributed by atoms with Gasteiger partial charge in [-0.3, -0.25) is 0 Å². The summed E-state index contributed by atoms with van der Waals surface area (Å²) in [6.45, 7) is 7.49. The number of hydrogen-bond acceptors (Lipinski definition) is 0. The van der Waals surface area contributed by atoms with Gasteiger partial charge in [-0.05, 0) is 109 Å². The summed E-state index contributed by atoms with van der Waals surface area (Å²) < 4.78 is 4.62. The first-order chi connectivity index (χ1) is 21.5. The maximum atomic E-state index is 2.54. The molecule has 0 saturated carbocycles. The zero-order valence-corrected chi connectivity index (χ0v) is 26.9. The Morgan fingerprint density at radius 3 is 1.89 bits per heavy atom. The van der Waals surface area contributed by atoms with E-state index in [0.717, 1.165) is 32.2 Å². The van der Waals surface area contributed by atoms with E-state index in [0.29, 0.717) is 0 Å². The Morgan fingerprint density at radius 2 is 1.23 bits per heavy atom. The van der Waals surface area contributed by atoms with Crippen LogP contribution in [0.5, 0.6) is 0 Å². The molecule has 4 bridgehead atoms. The van der Waals surface area contributed by atoms with Crippen LogP contribution in [0, 0.1) is 20.8 Å². The lowest BCUT2D eigenvalue weighted by Gasteiger charge is -2.24. The third-order valence-corrected chi connectivity index (χ3v) is 11.5. The van der Waals surface area contributed by atoms with E-state index >= 15 is 0 Å². The average Bonchev–Trinajstić information content (AvgIpc) is 3.47. The molecule has 0 radical (unpaired) electrons. The quantitative estimate of drug-likeness (QED) is 0.141. The first-order valence-electron chi connectivity index (χ1n) is 15.8. The highest BCUT2D eigenvalue weighted by atomic mass is 31.1. The summed E-state index contributed by atoms with van der Waals surface area (Å²) >= 11 is 0. The number of rotatable bonds is 6. The third kappa shape index (κ3) is 5.92. The van der Waals surface area contributed by atoms with Crippen molar-refractivity contribution in [2.75, 3.05) is 0 Å². The van der Waals surface area contributed by atoms with Crippen LogP contribution in [0.25, 0.3) is 5.69 Å². The van der Waals surface area contributed by atoms with E-state index in [1.54, 1.807) is 0 Å². The fraction of sp³-hybridized carbons (Fsp3) is 0.195. The Balaban J connectivity index is 1.20. The van der Waals surface area contributed by atoms with E-state index in [1.807, 2.05) is 0 Å². The summed E-state index contributed by atoms with van der Waals surface area (Å²) in [5.41, 5.74) is 12.5. The molecule has 2 nitrogen and oxygen atoms in total. The molecule has 10 rings (SSSR count). The number of hydrogen-bond donors (Lipinski definition) is 0. The molecule has 3 heteroatoms. The van der Waals surface area contributed by atoms with Crippen LogP contribution in [0.2, 0.25) is 0 Å². The second-order valence-electron chi connectivity index (χ2n) is 12.3. The van der Waals surface area contributed by atoms with Crippen LogP contribution in [0.4, 0.5) is 0 Å². The molecular formula is C41H40N2P+. The van der Waals surface area contributed by atoms with Gasteiger partial charge in [-0.2, -0.15) is 0 Å². The molecule has 4 aliphatic rings. The fourth-order valence-corrected chi connectivity index (χ4v) is 9.51. The van der Waals surface area contributed by atoms with Crippen molar-refractivity contribution >= 4 is 23.8 Å². The monoisotopic (exact) mass is 591 g/mol. The molecule has 0 spiro atoms. The van der Waals surface area contributed by atoms with Crippen molar-refractivity contribution in [3.8, 4) is 5.69 Å². The number of benzene rings is 5. The van der Waals surface area contributed by atoms with Crippen LogP contribution >= 0.6 is 7.92 Å². The summed E-state index contributed by atoms with van der Waals surface area (Å²) in [4.78, 5) is 0. The highest BCUT2D eigenvalue weighted by Crippen LogP contribution is 2.35. The van der Waals surface area contributed by atoms with Crippen LogP contribution in [-0.4, -0.2) is 4.57 Å². The van der Waals surface area contributed by atoms with Crippen LogP contribution < -0.4 is 20.5 Å². The standard InChI is InChI=1S/C41H40N2P/c1-30-24-31(2)41(32(3)25-30)43-23-22-42(29-43)28-37-26-33-14-18-35(37)19-15-34-17-21-36(20-16-33)40(27-34)44(38-10-6-4-7-11-38)39-12-8-5-9-13-39/h4-14,17-18,21-27,29H,15-16,19-20,28H2,1-3H3/q+1. The third-order valence-electron chi connectivity index (χ3n) is 8.99. The number of nitrogens with zero attached hydrogens (tertiary/aromatic N) is 2. The van der Waals surface area contributed by atoms with Crippen LogP contribution in [0.1, 0.15) is 44.5 Å². The first kappa shape index (κ1) is 28.5. The van der Waals surface area contributed by atoms with Gasteiger partial charge in [0.25, 0.3) is 0 Å². The van der Waals surface area contributed by atoms with Gasteiger partial charge in [-0.15, -0.1) is 0 Å². The highest BCUT2D eigenvalue weighted by Gasteiger charge is 2.21. The van der Waals surface area contributed by atoms with Crippen LogP contribution in [-0.2, 0) is 32.2 Å². The zero-order valence-electron chi connectivity index (χ0n) is 26.0. The van der Waals surface area contributed by atoms with Crippen molar-refractivity contribution in [1.82, 2.24) is 4.57 Å². The molecule has 1 aromatic heterocycles. The van der Waals surface area contributed by atoms with E-state index in [9.17, 15) is 0 Å². The van der Waals surface area contributed by atoms with Crippen molar-refractivity contribution in [1.29, 1.82) is 0 Å². The molecule has 0 amide bonds. The molecule has 4 aliphatic carbocycles. The largest absolute Gasteiger partial charge is 0.249 e. The van der Waals surface area contributed by atoms with Crippen LogP contribution in [0.3, 0.4) is 0 Å². The Kier molecular flexibility index (Phi) is 8.03. The van der Waals surface area contributed by atoms with E-state index in [4.69, 9.17) is 0 Å². The van der Waals surface area contributed by atoms with E-state index < -0.39 is 7.92 Å². The van der Waals surface area contributed by atoms with Gasteiger partial charge in [0, 0.05) is 0 Å². The molecule has 1 heterocycles. The van der Waals surface area contributed by atoms with Crippen molar-refractivity contribution in [3.05, 3.63) is 172 Å². The predicted octanol–water partition coefficient (Wildman–Crippen LogP) is 7.38. The second kappa shape index (κ2) is 12.4. The summed E-state index contributed by atoms with van der Waals surface area (Å²) in [7, 11) is -0.625. The van der Waals surface area contributed by atoms with Gasteiger partial charge >= 0.3 is 0 Å². The second-order valence-corrected chi connectivity index (χ2v) is 14.5. The highest BCUT2D eigenvalue weighted by molar-refractivity contribution is 7.79. The summed E-state index contributed by atoms with van der Waals surface area (Å²) in [5.74, 6) is 0. The summed E-state index contributed by atoms with van der Waals surface area (Å²) in [6.07, 6.45) is 10.8. The fourth-order valence-electron chi connectivity index (χ4n) is 6.95. The lowest BCUT2D eigenvalue weighted by molar-refractivity contribution is -0.687. The summed E-state index contributed by atoms with van der Waals surface area (Å²) in [5, 5.41) is 4.36. The SMILES string of the molecule is Cc1cc(C)c(-n2cc[n+](Cc3cc4ccc3CCc3ccc(c(P(c5ccccc5)c5ccccc5)c3)CC4)c2)c(C)c1. The Morgan fingerprint density at radius 1 is 0.636 bits per heavy atom. The van der Waals surface area contributed by atoms with Gasteiger partial charge in [0.2, 0.25) is 6.33 Å². The molecule has 0 atom stereocenters. The summed E-state index contributed by atoms with van der Waals surface area (Å²) in [6, 6.07) is 41.4. The van der Waals surface area contributed by atoms with E-state index in [2.05, 4.69) is 158 Å². The van der Waals surface area contributed by atoms with Gasteiger partial charge in [0.1, 0.15) is 24.6 Å². The van der Waals surface area contributed by atoms with Crippen molar-refractivity contribution in [3.63, 3.8) is 0 Å². The Labute approximate surface area is 263 Å². The van der Waals surface area contributed by atoms with Gasteiger partial charge in [-0.1, -0.05) is 115 Å². The predicted molar refractivity (Wildman–Crippen MR) is 186 cm³/mol. The molecule has 0 unspecified atom stereocenters. The van der Waals surface area contributed by atoms with Crippen molar-refractivity contribution < 1.29 is 4.57 Å². The van der Waals surface area contributed by atoms with Crippen molar-refractivity contribution in [2.45, 2.75) is 53.0 Å².